The van der Waals surface area contributed by atoms with E-state index in [0.29, 0.717) is 19.7 Å². The van der Waals surface area contributed by atoms with Gasteiger partial charge < -0.3 is 9.64 Å². The van der Waals surface area contributed by atoms with Crippen LogP contribution in [0.5, 0.6) is 0 Å². The molecule has 0 spiro atoms. The van der Waals surface area contributed by atoms with Crippen molar-refractivity contribution in [3.05, 3.63) is 28.8 Å². The van der Waals surface area contributed by atoms with Crippen molar-refractivity contribution in [3.8, 4) is 0 Å². The Morgan fingerprint density at radius 3 is 2.42 bits per heavy atom. The maximum absolute atomic E-state index is 12.8. The Morgan fingerprint density at radius 2 is 1.92 bits per heavy atom. The van der Waals surface area contributed by atoms with Gasteiger partial charge in [-0.05, 0) is 24.1 Å². The van der Waals surface area contributed by atoms with Crippen LogP contribution in [0.1, 0.15) is 24.2 Å². The normalized spacial score (nSPS) is 12.0. The largest absolute Gasteiger partial charge is 0.383 e. The summed E-state index contributed by atoms with van der Waals surface area (Å²) in [6, 6.07) is 4.17. The summed E-state index contributed by atoms with van der Waals surface area (Å²) in [5, 5.41) is 0.226. The molecule has 1 amide bonds. The number of ether oxygens (including phenoxy) is 1. The quantitative estimate of drug-likeness (QED) is 0.698. The number of rotatable bonds is 8. The lowest BCUT2D eigenvalue weighted by Crippen LogP contribution is -2.37. The first-order valence-electron chi connectivity index (χ1n) is 7.61. The van der Waals surface area contributed by atoms with Crippen molar-refractivity contribution in [2.45, 2.75) is 18.7 Å². The molecular formula is C16H25ClN2O4S. The molecule has 0 radical (unpaired) electrons. The summed E-state index contributed by atoms with van der Waals surface area (Å²) in [6.07, 6.45) is 0. The topological polar surface area (TPSA) is 66.9 Å². The van der Waals surface area contributed by atoms with Crippen LogP contribution in [0.3, 0.4) is 0 Å². The van der Waals surface area contributed by atoms with Crippen LogP contribution in [0.4, 0.5) is 0 Å². The van der Waals surface area contributed by atoms with Gasteiger partial charge >= 0.3 is 0 Å². The van der Waals surface area contributed by atoms with Crippen LogP contribution in [0.25, 0.3) is 0 Å². The van der Waals surface area contributed by atoms with Crippen LogP contribution in [0, 0.1) is 5.92 Å². The number of methoxy groups -OCH3 is 1. The van der Waals surface area contributed by atoms with Crippen LogP contribution in [0.2, 0.25) is 5.02 Å². The fourth-order valence-corrected chi connectivity index (χ4v) is 3.25. The summed E-state index contributed by atoms with van der Waals surface area (Å²) in [5.41, 5.74) is 0.177. The molecule has 0 aliphatic rings. The Hall–Kier alpha value is -1.15. The molecule has 1 rings (SSSR count). The molecule has 0 aliphatic carbocycles. The smallest absolute Gasteiger partial charge is 0.255 e. The van der Waals surface area contributed by atoms with Crippen molar-refractivity contribution in [2.24, 2.45) is 5.92 Å². The zero-order chi connectivity index (χ0) is 18.5. The number of nitrogens with zero attached hydrogens (tertiary/aromatic N) is 2. The Labute approximate surface area is 149 Å². The lowest BCUT2D eigenvalue weighted by molar-refractivity contribution is 0.0672. The predicted octanol–water partition coefficient (Wildman–Crippen LogP) is 2.33. The second-order valence-electron chi connectivity index (χ2n) is 6.07. The minimum absolute atomic E-state index is 0.0384. The first-order valence-corrected chi connectivity index (χ1v) is 9.43. The van der Waals surface area contributed by atoms with Gasteiger partial charge in [-0.1, -0.05) is 25.4 Å². The van der Waals surface area contributed by atoms with Crippen LogP contribution >= 0.6 is 11.6 Å². The standard InChI is InChI=1S/C16H25ClN2O4S/c1-12(2)11-19(8-9-23-5)16(20)14-10-13(6-7-15(14)17)24(21,22)18(3)4/h6-7,10,12H,8-9,11H2,1-5H3. The van der Waals surface area contributed by atoms with Crippen molar-refractivity contribution in [1.29, 1.82) is 0 Å². The lowest BCUT2D eigenvalue weighted by Gasteiger charge is -2.25. The SMILES string of the molecule is COCCN(CC(C)C)C(=O)c1cc(S(=O)(=O)N(C)C)ccc1Cl. The Balaban J connectivity index is 3.24. The van der Waals surface area contributed by atoms with Crippen LogP contribution in [-0.2, 0) is 14.8 Å². The summed E-state index contributed by atoms with van der Waals surface area (Å²) in [5.74, 6) is -0.0418. The Kier molecular flexibility index (Phi) is 7.66. The van der Waals surface area contributed by atoms with Gasteiger partial charge in [0.1, 0.15) is 0 Å². The maximum Gasteiger partial charge on any atom is 0.255 e. The van der Waals surface area contributed by atoms with E-state index in [4.69, 9.17) is 16.3 Å². The van der Waals surface area contributed by atoms with E-state index in [1.54, 1.807) is 12.0 Å². The van der Waals surface area contributed by atoms with Gasteiger partial charge in [-0.2, -0.15) is 0 Å². The summed E-state index contributed by atoms with van der Waals surface area (Å²) in [6.45, 7) is 5.34. The van der Waals surface area contributed by atoms with Gasteiger partial charge in [-0.3, -0.25) is 4.79 Å². The van der Waals surface area contributed by atoms with E-state index in [-0.39, 0.29) is 27.3 Å². The highest BCUT2D eigenvalue weighted by Crippen LogP contribution is 2.23. The fourth-order valence-electron chi connectivity index (χ4n) is 2.13. The molecule has 1 aromatic carbocycles. The summed E-state index contributed by atoms with van der Waals surface area (Å²) in [7, 11) is 0.808. The number of hydrogen-bond acceptors (Lipinski definition) is 4. The van der Waals surface area contributed by atoms with Crippen molar-refractivity contribution < 1.29 is 17.9 Å². The molecule has 0 bridgehead atoms. The van der Waals surface area contributed by atoms with E-state index in [9.17, 15) is 13.2 Å². The highest BCUT2D eigenvalue weighted by Gasteiger charge is 2.24. The zero-order valence-electron chi connectivity index (χ0n) is 14.7. The average molecular weight is 377 g/mol. The van der Waals surface area contributed by atoms with Gasteiger partial charge in [0.15, 0.2) is 0 Å². The van der Waals surface area contributed by atoms with E-state index in [2.05, 4.69) is 0 Å². The molecule has 136 valence electrons. The highest BCUT2D eigenvalue weighted by atomic mass is 35.5. The van der Waals surface area contributed by atoms with Gasteiger partial charge in [0.05, 0.1) is 22.1 Å². The number of carbonyl (C=O) groups is 1. The van der Waals surface area contributed by atoms with Gasteiger partial charge in [0.25, 0.3) is 5.91 Å². The zero-order valence-corrected chi connectivity index (χ0v) is 16.3. The highest BCUT2D eigenvalue weighted by molar-refractivity contribution is 7.89. The molecular weight excluding hydrogens is 352 g/mol. The molecule has 8 heteroatoms. The van der Waals surface area contributed by atoms with E-state index < -0.39 is 10.0 Å². The minimum Gasteiger partial charge on any atom is -0.383 e. The molecule has 0 aliphatic heterocycles. The molecule has 0 saturated heterocycles. The third-order valence-electron chi connectivity index (χ3n) is 3.38. The third kappa shape index (κ3) is 5.17. The van der Waals surface area contributed by atoms with E-state index in [1.165, 1.54) is 32.3 Å². The van der Waals surface area contributed by atoms with Crippen molar-refractivity contribution in [2.75, 3.05) is 40.9 Å². The number of amides is 1. The second kappa shape index (κ2) is 8.80. The lowest BCUT2D eigenvalue weighted by atomic mass is 10.1. The number of sulfonamides is 1. The minimum atomic E-state index is -3.64. The predicted molar refractivity (Wildman–Crippen MR) is 94.9 cm³/mol. The molecule has 1 aromatic rings. The number of benzene rings is 1. The van der Waals surface area contributed by atoms with Gasteiger partial charge in [-0.25, -0.2) is 12.7 Å². The molecule has 0 fully saturated rings. The molecule has 0 N–H and O–H groups in total. The van der Waals surface area contributed by atoms with Gasteiger partial charge in [0.2, 0.25) is 10.0 Å². The molecule has 0 saturated carbocycles. The van der Waals surface area contributed by atoms with E-state index in [0.717, 1.165) is 4.31 Å². The Morgan fingerprint density at radius 1 is 1.29 bits per heavy atom. The van der Waals surface area contributed by atoms with Crippen molar-refractivity contribution in [1.82, 2.24) is 9.21 Å². The number of halogens is 1. The number of hydrogen-bond donors (Lipinski definition) is 0. The first-order chi connectivity index (χ1) is 11.1. The second-order valence-corrected chi connectivity index (χ2v) is 8.63. The van der Waals surface area contributed by atoms with Crippen molar-refractivity contribution >= 4 is 27.5 Å². The monoisotopic (exact) mass is 376 g/mol. The average Bonchev–Trinajstić information content (AvgIpc) is 2.50. The summed E-state index contributed by atoms with van der Waals surface area (Å²) in [4.78, 5) is 14.5. The molecule has 0 heterocycles. The maximum atomic E-state index is 12.8. The first kappa shape index (κ1) is 20.9. The van der Waals surface area contributed by atoms with Crippen LogP contribution in [0.15, 0.2) is 23.1 Å². The van der Waals surface area contributed by atoms with E-state index in [1.807, 2.05) is 13.8 Å². The van der Waals surface area contributed by atoms with Gasteiger partial charge in [-0.15, -0.1) is 0 Å². The molecule has 0 aromatic heterocycles. The van der Waals surface area contributed by atoms with Gasteiger partial charge in [0, 0.05) is 34.3 Å². The molecule has 24 heavy (non-hydrogen) atoms. The summed E-state index contributed by atoms with van der Waals surface area (Å²) >= 11 is 6.15. The van der Waals surface area contributed by atoms with Crippen LogP contribution in [-0.4, -0.2) is 64.4 Å². The fraction of sp³-hybridized carbons (Fsp3) is 0.562. The third-order valence-corrected chi connectivity index (χ3v) is 5.53. The Bertz CT molecular complexity index is 675. The molecule has 6 nitrogen and oxygen atoms in total. The molecule has 0 unspecified atom stereocenters. The van der Waals surface area contributed by atoms with E-state index >= 15 is 0 Å². The summed E-state index contributed by atoms with van der Waals surface area (Å²) < 4.78 is 30.7. The number of carbonyl (C=O) groups excluding carboxylic acids is 1. The molecule has 0 atom stereocenters. The van der Waals surface area contributed by atoms with Crippen molar-refractivity contribution in [3.63, 3.8) is 0 Å². The van der Waals surface area contributed by atoms with Crippen LogP contribution < -0.4 is 0 Å².